The molecule has 212 valence electrons. The van der Waals surface area contributed by atoms with Crippen molar-refractivity contribution in [1.29, 1.82) is 0 Å². The van der Waals surface area contributed by atoms with E-state index in [1.807, 2.05) is 0 Å². The molecule has 40 heavy (non-hydrogen) atoms. The van der Waals surface area contributed by atoms with Gasteiger partial charge >= 0.3 is 11.9 Å². The first-order valence-electron chi connectivity index (χ1n) is 14.3. The van der Waals surface area contributed by atoms with Gasteiger partial charge in [-0.15, -0.1) is 0 Å². The average molecular weight is 547 g/mol. The van der Waals surface area contributed by atoms with E-state index in [1.165, 1.54) is 6.42 Å². The average Bonchev–Trinajstić information content (AvgIpc) is 2.87. The standard InChI is InChI=1S/C32H38N2O6/c1-3-39-29(37)23-7-5-9-25(12-23)33-27(35)18-31-14-21-11-22(15-31)17-32(16-21,20-31)19-28(36)34-26-10-6-8-24(13-26)30(38)40-4-2/h5-10,12-13,21-22H,3-4,11,14-20H2,1-2H3,(H,33,35)(H,34,36). The van der Waals surface area contributed by atoms with Crippen molar-refractivity contribution in [2.75, 3.05) is 23.8 Å². The number of amides is 2. The number of esters is 2. The first-order chi connectivity index (χ1) is 19.2. The van der Waals surface area contributed by atoms with Crippen LogP contribution in [0.15, 0.2) is 48.5 Å². The van der Waals surface area contributed by atoms with Crippen molar-refractivity contribution < 1.29 is 28.7 Å². The fourth-order valence-electron chi connectivity index (χ4n) is 8.03. The lowest BCUT2D eigenvalue weighted by molar-refractivity contribution is -0.142. The summed E-state index contributed by atoms with van der Waals surface area (Å²) in [5, 5.41) is 6.00. The monoisotopic (exact) mass is 546 g/mol. The Morgan fingerprint density at radius 2 is 1.15 bits per heavy atom. The molecule has 0 radical (unpaired) electrons. The predicted octanol–water partition coefficient (Wildman–Crippen LogP) is 5.98. The molecule has 0 aliphatic heterocycles. The van der Waals surface area contributed by atoms with Crippen molar-refractivity contribution in [3.8, 4) is 0 Å². The van der Waals surface area contributed by atoms with Crippen LogP contribution in [0.25, 0.3) is 0 Å². The summed E-state index contributed by atoms with van der Waals surface area (Å²) >= 11 is 0. The number of hydrogen-bond donors (Lipinski definition) is 2. The summed E-state index contributed by atoms with van der Waals surface area (Å²) in [4.78, 5) is 50.7. The third-order valence-electron chi connectivity index (χ3n) is 8.69. The molecule has 4 saturated carbocycles. The summed E-state index contributed by atoms with van der Waals surface area (Å²) < 4.78 is 10.2. The molecule has 4 aliphatic rings. The quantitative estimate of drug-likeness (QED) is 0.355. The Hall–Kier alpha value is -3.68. The summed E-state index contributed by atoms with van der Waals surface area (Å²) in [6.07, 6.45) is 6.93. The normalized spacial score (nSPS) is 26.1. The van der Waals surface area contributed by atoms with Crippen LogP contribution in [0.1, 0.15) is 85.9 Å². The van der Waals surface area contributed by atoms with Crippen LogP contribution in [0.4, 0.5) is 11.4 Å². The van der Waals surface area contributed by atoms with Crippen molar-refractivity contribution in [3.63, 3.8) is 0 Å². The van der Waals surface area contributed by atoms with Gasteiger partial charge in [-0.3, -0.25) is 9.59 Å². The van der Waals surface area contributed by atoms with Crippen LogP contribution in [0, 0.1) is 22.7 Å². The zero-order valence-corrected chi connectivity index (χ0v) is 23.3. The van der Waals surface area contributed by atoms with Gasteiger partial charge in [-0.2, -0.15) is 0 Å². The lowest BCUT2D eigenvalue weighted by Gasteiger charge is -2.62. The third kappa shape index (κ3) is 6.21. The Kier molecular flexibility index (Phi) is 7.97. The van der Waals surface area contributed by atoms with Gasteiger partial charge in [0.15, 0.2) is 0 Å². The summed E-state index contributed by atoms with van der Waals surface area (Å²) in [5.41, 5.74) is 1.76. The molecule has 0 saturated heterocycles. The molecule has 4 bridgehead atoms. The van der Waals surface area contributed by atoms with Gasteiger partial charge in [-0.1, -0.05) is 12.1 Å². The smallest absolute Gasteiger partial charge is 0.338 e. The number of carbonyl (C=O) groups is 4. The second kappa shape index (κ2) is 11.4. The number of hydrogen-bond acceptors (Lipinski definition) is 6. The second-order valence-corrected chi connectivity index (χ2v) is 12.0. The number of benzene rings is 2. The highest BCUT2D eigenvalue weighted by Crippen LogP contribution is 2.67. The fraction of sp³-hybridized carbons (Fsp3) is 0.500. The van der Waals surface area contributed by atoms with E-state index in [1.54, 1.807) is 62.4 Å². The predicted molar refractivity (Wildman–Crippen MR) is 151 cm³/mol. The molecule has 0 heterocycles. The van der Waals surface area contributed by atoms with Gasteiger partial charge in [0.05, 0.1) is 24.3 Å². The molecule has 0 unspecified atom stereocenters. The van der Waals surface area contributed by atoms with E-state index in [9.17, 15) is 19.2 Å². The maximum absolute atomic E-state index is 13.3. The van der Waals surface area contributed by atoms with E-state index in [0.717, 1.165) is 32.1 Å². The number of ether oxygens (including phenoxy) is 2. The lowest BCUT2D eigenvalue weighted by Crippen LogP contribution is -2.53. The van der Waals surface area contributed by atoms with Crippen molar-refractivity contribution in [2.45, 2.75) is 65.2 Å². The summed E-state index contributed by atoms with van der Waals surface area (Å²) in [7, 11) is 0. The van der Waals surface area contributed by atoms with Crippen molar-refractivity contribution in [3.05, 3.63) is 59.7 Å². The van der Waals surface area contributed by atoms with Gasteiger partial charge in [0.2, 0.25) is 11.8 Å². The molecule has 2 amide bonds. The summed E-state index contributed by atoms with van der Waals surface area (Å²) in [6, 6.07) is 13.7. The summed E-state index contributed by atoms with van der Waals surface area (Å²) in [6.45, 7) is 4.10. The van der Waals surface area contributed by atoms with E-state index in [4.69, 9.17) is 9.47 Å². The van der Waals surface area contributed by atoms with Crippen LogP contribution < -0.4 is 10.6 Å². The maximum atomic E-state index is 13.3. The third-order valence-corrected chi connectivity index (χ3v) is 8.69. The highest BCUT2D eigenvalue weighted by Gasteiger charge is 2.58. The maximum Gasteiger partial charge on any atom is 0.338 e. The van der Waals surface area contributed by atoms with Crippen molar-refractivity contribution >= 4 is 35.1 Å². The number of rotatable bonds is 10. The molecule has 0 aromatic heterocycles. The Morgan fingerprint density at radius 3 is 1.55 bits per heavy atom. The number of anilines is 2. The molecule has 2 aromatic carbocycles. The van der Waals surface area contributed by atoms with Crippen LogP contribution in [0.2, 0.25) is 0 Å². The molecule has 2 aromatic rings. The minimum Gasteiger partial charge on any atom is -0.462 e. The Balaban J connectivity index is 1.24. The molecule has 6 rings (SSSR count). The van der Waals surface area contributed by atoms with E-state index in [0.29, 0.717) is 60.4 Å². The van der Waals surface area contributed by atoms with Crippen molar-refractivity contribution in [2.24, 2.45) is 22.7 Å². The van der Waals surface area contributed by atoms with Gasteiger partial charge in [0.1, 0.15) is 0 Å². The van der Waals surface area contributed by atoms with Crippen LogP contribution in [0.5, 0.6) is 0 Å². The van der Waals surface area contributed by atoms with Gasteiger partial charge in [0, 0.05) is 24.2 Å². The molecule has 4 aliphatic carbocycles. The molecule has 8 nitrogen and oxygen atoms in total. The highest BCUT2D eigenvalue weighted by molar-refractivity contribution is 5.96. The molecule has 0 spiro atoms. The molecular formula is C32H38N2O6. The lowest BCUT2D eigenvalue weighted by atomic mass is 9.43. The Bertz CT molecular complexity index is 1190. The SMILES string of the molecule is CCOC(=O)c1cccc(NC(=O)CC23CC4CC(C2)CC(CC(=O)Nc2cccc(C(=O)OCC)c2)(C4)C3)c1. The first-order valence-corrected chi connectivity index (χ1v) is 14.3. The van der Waals surface area contributed by atoms with Crippen molar-refractivity contribution in [1.82, 2.24) is 0 Å². The number of carbonyl (C=O) groups excluding carboxylic acids is 4. The second-order valence-electron chi connectivity index (χ2n) is 12.0. The van der Waals surface area contributed by atoms with E-state index >= 15 is 0 Å². The molecular weight excluding hydrogens is 508 g/mol. The minimum atomic E-state index is -0.410. The topological polar surface area (TPSA) is 111 Å². The van der Waals surface area contributed by atoms with Gasteiger partial charge in [0.25, 0.3) is 0 Å². The molecule has 0 atom stereocenters. The van der Waals surface area contributed by atoms with E-state index in [2.05, 4.69) is 10.6 Å². The first kappa shape index (κ1) is 27.9. The number of nitrogens with one attached hydrogen (secondary N) is 2. The minimum absolute atomic E-state index is 0.0571. The molecule has 2 N–H and O–H groups in total. The largest absolute Gasteiger partial charge is 0.462 e. The molecule has 4 fully saturated rings. The molecule has 8 heteroatoms. The zero-order valence-electron chi connectivity index (χ0n) is 23.3. The van der Waals surface area contributed by atoms with Gasteiger partial charge < -0.3 is 20.1 Å². The van der Waals surface area contributed by atoms with Gasteiger partial charge in [-0.05, 0) is 111 Å². The zero-order chi connectivity index (χ0) is 28.3. The summed E-state index contributed by atoms with van der Waals surface area (Å²) in [5.74, 6) is 0.124. The highest BCUT2D eigenvalue weighted by atomic mass is 16.5. The van der Waals surface area contributed by atoms with Gasteiger partial charge in [-0.25, -0.2) is 9.59 Å². The van der Waals surface area contributed by atoms with Crippen LogP contribution in [-0.2, 0) is 19.1 Å². The van der Waals surface area contributed by atoms with Crippen LogP contribution >= 0.6 is 0 Å². The Morgan fingerprint density at radius 1 is 0.725 bits per heavy atom. The van der Waals surface area contributed by atoms with Crippen LogP contribution in [-0.4, -0.2) is 37.0 Å². The van der Waals surface area contributed by atoms with Crippen LogP contribution in [0.3, 0.4) is 0 Å². The fourth-order valence-corrected chi connectivity index (χ4v) is 8.03. The Labute approximate surface area is 235 Å². The van der Waals surface area contributed by atoms with E-state index in [-0.39, 0.29) is 22.6 Å². The van der Waals surface area contributed by atoms with E-state index < -0.39 is 11.9 Å².